The highest BCUT2D eigenvalue weighted by atomic mass is 32.1. The Morgan fingerprint density at radius 2 is 2.35 bits per heavy atom. The second-order valence-corrected chi connectivity index (χ2v) is 4.97. The van der Waals surface area contributed by atoms with E-state index in [0.29, 0.717) is 31.3 Å². The number of amides is 1. The molecule has 1 saturated heterocycles. The summed E-state index contributed by atoms with van der Waals surface area (Å²) in [7, 11) is 1.57. The van der Waals surface area contributed by atoms with Crippen LogP contribution >= 0.6 is 12.6 Å². The monoisotopic (exact) mass is 297 g/mol. The fourth-order valence-corrected chi connectivity index (χ4v) is 2.12. The minimum atomic E-state index is -0.605. The van der Waals surface area contributed by atoms with Crippen molar-refractivity contribution < 1.29 is 14.3 Å². The fraction of sp³-hybridized carbons (Fsp3) is 0.538. The SMILES string of the molecule is COc1ccnc(C(S)C(=O)NCN2CCOCC2)c1. The molecule has 0 spiro atoms. The number of thiol groups is 1. The Hall–Kier alpha value is -1.31. The third kappa shape index (κ3) is 4.09. The lowest BCUT2D eigenvalue weighted by atomic mass is 10.2. The third-order valence-corrected chi connectivity index (χ3v) is 3.60. The lowest BCUT2D eigenvalue weighted by molar-refractivity contribution is -0.121. The van der Waals surface area contributed by atoms with Crippen molar-refractivity contribution in [3.05, 3.63) is 24.0 Å². The first-order valence-electron chi connectivity index (χ1n) is 6.46. The van der Waals surface area contributed by atoms with Crippen molar-refractivity contribution in [1.29, 1.82) is 0 Å². The number of pyridine rings is 1. The molecule has 0 aromatic carbocycles. The van der Waals surface area contributed by atoms with Crippen molar-refractivity contribution in [3.8, 4) is 5.75 Å². The molecule has 1 N–H and O–H groups in total. The number of nitrogens with one attached hydrogen (secondary N) is 1. The lowest BCUT2D eigenvalue weighted by Gasteiger charge is -2.27. The van der Waals surface area contributed by atoms with E-state index < -0.39 is 5.25 Å². The normalized spacial score (nSPS) is 17.5. The molecule has 1 aromatic heterocycles. The highest BCUT2D eigenvalue weighted by molar-refractivity contribution is 7.81. The average Bonchev–Trinajstić information content (AvgIpc) is 2.53. The Bertz CT molecular complexity index is 452. The van der Waals surface area contributed by atoms with Gasteiger partial charge in [-0.1, -0.05) is 0 Å². The van der Waals surface area contributed by atoms with Gasteiger partial charge >= 0.3 is 0 Å². The molecule has 1 unspecified atom stereocenters. The highest BCUT2D eigenvalue weighted by Gasteiger charge is 2.19. The Balaban J connectivity index is 1.87. The van der Waals surface area contributed by atoms with Gasteiger partial charge in [0.25, 0.3) is 0 Å². The minimum Gasteiger partial charge on any atom is -0.497 e. The van der Waals surface area contributed by atoms with E-state index in [0.717, 1.165) is 13.1 Å². The Labute approximate surface area is 123 Å². The summed E-state index contributed by atoms with van der Waals surface area (Å²) >= 11 is 4.33. The molecular formula is C13H19N3O3S. The molecule has 1 aliphatic rings. The summed E-state index contributed by atoms with van der Waals surface area (Å²) in [6, 6.07) is 3.45. The van der Waals surface area contributed by atoms with Gasteiger partial charge in [-0.05, 0) is 6.07 Å². The molecule has 20 heavy (non-hydrogen) atoms. The van der Waals surface area contributed by atoms with Gasteiger partial charge in [0, 0.05) is 25.4 Å². The summed E-state index contributed by atoms with van der Waals surface area (Å²) in [4.78, 5) is 18.3. The molecule has 1 amide bonds. The Morgan fingerprint density at radius 1 is 1.60 bits per heavy atom. The first kappa shape index (κ1) is 15.1. The zero-order valence-electron chi connectivity index (χ0n) is 11.4. The maximum absolute atomic E-state index is 12.1. The van der Waals surface area contributed by atoms with Crippen molar-refractivity contribution in [1.82, 2.24) is 15.2 Å². The minimum absolute atomic E-state index is 0.166. The van der Waals surface area contributed by atoms with Crippen LogP contribution in [0, 0.1) is 0 Å². The largest absolute Gasteiger partial charge is 0.497 e. The molecule has 110 valence electrons. The number of ether oxygens (including phenoxy) is 2. The van der Waals surface area contributed by atoms with Crippen LogP contribution in [-0.4, -0.2) is 55.9 Å². The number of methoxy groups -OCH3 is 1. The van der Waals surface area contributed by atoms with Gasteiger partial charge in [0.05, 0.1) is 32.7 Å². The van der Waals surface area contributed by atoms with Crippen LogP contribution in [0.5, 0.6) is 5.75 Å². The first-order chi connectivity index (χ1) is 9.70. The number of aromatic nitrogens is 1. The van der Waals surface area contributed by atoms with E-state index in [1.807, 2.05) is 0 Å². The summed E-state index contributed by atoms with van der Waals surface area (Å²) in [5.41, 5.74) is 0.576. The topological polar surface area (TPSA) is 63.7 Å². The maximum Gasteiger partial charge on any atom is 0.239 e. The quantitative estimate of drug-likeness (QED) is 0.774. The van der Waals surface area contributed by atoms with Gasteiger partial charge in [0.1, 0.15) is 11.0 Å². The molecule has 6 nitrogen and oxygen atoms in total. The van der Waals surface area contributed by atoms with Crippen LogP contribution in [0.15, 0.2) is 18.3 Å². The van der Waals surface area contributed by atoms with Gasteiger partial charge < -0.3 is 14.8 Å². The van der Waals surface area contributed by atoms with Gasteiger partial charge in [-0.15, -0.1) is 0 Å². The summed E-state index contributed by atoms with van der Waals surface area (Å²) in [6.07, 6.45) is 1.60. The predicted octanol–water partition coefficient (Wildman–Crippen LogP) is 0.467. The molecule has 1 fully saturated rings. The second kappa shape index (κ2) is 7.47. The lowest BCUT2D eigenvalue weighted by Crippen LogP contribution is -2.44. The Morgan fingerprint density at radius 3 is 3.05 bits per heavy atom. The van der Waals surface area contributed by atoms with Crippen LogP contribution in [-0.2, 0) is 9.53 Å². The predicted molar refractivity (Wildman–Crippen MR) is 77.9 cm³/mol. The van der Waals surface area contributed by atoms with E-state index in [4.69, 9.17) is 9.47 Å². The molecule has 0 saturated carbocycles. The fourth-order valence-electron chi connectivity index (χ4n) is 1.88. The summed E-state index contributed by atoms with van der Waals surface area (Å²) < 4.78 is 10.4. The van der Waals surface area contributed by atoms with E-state index in [1.165, 1.54) is 0 Å². The molecule has 1 aromatic rings. The third-order valence-electron chi connectivity index (χ3n) is 3.10. The van der Waals surface area contributed by atoms with Gasteiger partial charge in [-0.2, -0.15) is 12.6 Å². The smallest absolute Gasteiger partial charge is 0.239 e. The summed E-state index contributed by atoms with van der Waals surface area (Å²) in [5, 5.41) is 2.26. The van der Waals surface area contributed by atoms with Crippen molar-refractivity contribution in [2.75, 3.05) is 40.1 Å². The first-order valence-corrected chi connectivity index (χ1v) is 6.98. The summed E-state index contributed by atoms with van der Waals surface area (Å²) in [6.45, 7) is 3.57. The zero-order valence-corrected chi connectivity index (χ0v) is 12.3. The molecule has 0 bridgehead atoms. The van der Waals surface area contributed by atoms with Crippen LogP contribution in [0.3, 0.4) is 0 Å². The van der Waals surface area contributed by atoms with Gasteiger partial charge in [-0.25, -0.2) is 0 Å². The highest BCUT2D eigenvalue weighted by Crippen LogP contribution is 2.21. The van der Waals surface area contributed by atoms with E-state index in [2.05, 4.69) is 27.8 Å². The van der Waals surface area contributed by atoms with Crippen LogP contribution in [0.1, 0.15) is 10.9 Å². The molecule has 1 aliphatic heterocycles. The number of carbonyl (C=O) groups excluding carboxylic acids is 1. The number of carbonyl (C=O) groups is 1. The Kier molecular flexibility index (Phi) is 5.63. The molecule has 7 heteroatoms. The van der Waals surface area contributed by atoms with Crippen molar-refractivity contribution in [2.24, 2.45) is 0 Å². The zero-order chi connectivity index (χ0) is 14.4. The van der Waals surface area contributed by atoms with Crippen molar-refractivity contribution in [3.63, 3.8) is 0 Å². The average molecular weight is 297 g/mol. The van der Waals surface area contributed by atoms with E-state index in [-0.39, 0.29) is 5.91 Å². The van der Waals surface area contributed by atoms with E-state index in [9.17, 15) is 4.79 Å². The number of rotatable bonds is 5. The van der Waals surface area contributed by atoms with Gasteiger partial charge in [0.15, 0.2) is 0 Å². The van der Waals surface area contributed by atoms with Crippen LogP contribution in [0.25, 0.3) is 0 Å². The maximum atomic E-state index is 12.1. The molecule has 0 aliphatic carbocycles. The van der Waals surface area contributed by atoms with E-state index >= 15 is 0 Å². The standard InChI is InChI=1S/C13H19N3O3S/c1-18-10-2-3-14-11(8-10)12(20)13(17)15-9-16-4-6-19-7-5-16/h2-3,8,12,20H,4-7,9H2,1H3,(H,15,17). The number of hydrogen-bond donors (Lipinski definition) is 2. The molecule has 1 atom stereocenters. The van der Waals surface area contributed by atoms with Gasteiger partial charge in [-0.3, -0.25) is 14.7 Å². The molecule has 0 radical (unpaired) electrons. The molecular weight excluding hydrogens is 278 g/mol. The molecule has 2 rings (SSSR count). The number of morpholine rings is 1. The van der Waals surface area contributed by atoms with Crippen LogP contribution in [0.4, 0.5) is 0 Å². The van der Waals surface area contributed by atoms with Crippen LogP contribution in [0.2, 0.25) is 0 Å². The van der Waals surface area contributed by atoms with Crippen LogP contribution < -0.4 is 10.1 Å². The molecule has 2 heterocycles. The summed E-state index contributed by atoms with van der Waals surface area (Å²) in [5.74, 6) is 0.496. The second-order valence-electron chi connectivity index (χ2n) is 4.45. The van der Waals surface area contributed by atoms with Crippen molar-refractivity contribution in [2.45, 2.75) is 5.25 Å². The van der Waals surface area contributed by atoms with Gasteiger partial charge in [0.2, 0.25) is 5.91 Å². The van der Waals surface area contributed by atoms with Crippen molar-refractivity contribution >= 4 is 18.5 Å². The number of nitrogens with zero attached hydrogens (tertiary/aromatic N) is 2. The number of hydrogen-bond acceptors (Lipinski definition) is 6. The van der Waals surface area contributed by atoms with E-state index in [1.54, 1.807) is 25.4 Å².